The predicted octanol–water partition coefficient (Wildman–Crippen LogP) is 7.02. The highest BCUT2D eigenvalue weighted by Crippen LogP contribution is 2.38. The van der Waals surface area contributed by atoms with E-state index in [0.717, 1.165) is 31.4 Å². The van der Waals surface area contributed by atoms with E-state index in [1.807, 2.05) is 36.4 Å². The summed E-state index contributed by atoms with van der Waals surface area (Å²) in [5.41, 5.74) is 4.14. The van der Waals surface area contributed by atoms with Crippen LogP contribution in [0.1, 0.15) is 26.4 Å². The van der Waals surface area contributed by atoms with E-state index in [1.165, 1.54) is 28.2 Å². The summed E-state index contributed by atoms with van der Waals surface area (Å²) in [5.74, 6) is -0.150. The number of amides is 1. The summed E-state index contributed by atoms with van der Waals surface area (Å²) in [6.07, 6.45) is 3.50. The van der Waals surface area contributed by atoms with Crippen molar-refractivity contribution >= 4 is 65.6 Å². The van der Waals surface area contributed by atoms with Crippen molar-refractivity contribution in [1.82, 2.24) is 9.97 Å². The molecule has 0 bridgehead atoms. The fraction of sp³-hybridized carbons (Fsp3) is 0.125. The van der Waals surface area contributed by atoms with Gasteiger partial charge >= 0.3 is 0 Å². The Kier molecular flexibility index (Phi) is 5.22. The third-order valence-corrected chi connectivity index (χ3v) is 7.78. The molecule has 5 aromatic rings. The number of rotatable bonds is 4. The van der Waals surface area contributed by atoms with Crippen molar-refractivity contribution in [2.75, 3.05) is 4.90 Å². The number of pyridine rings is 1. The monoisotopic (exact) mass is 463 g/mol. The Hall–Kier alpha value is -2.80. The van der Waals surface area contributed by atoms with Crippen LogP contribution in [0.3, 0.4) is 0 Å². The summed E-state index contributed by atoms with van der Waals surface area (Å²) in [7, 11) is 0. The topological polar surface area (TPSA) is 46.1 Å². The number of carbonyl (C=O) groups is 1. The summed E-state index contributed by atoms with van der Waals surface area (Å²) in [6, 6.07) is 15.9. The van der Waals surface area contributed by atoms with Gasteiger partial charge in [0.05, 0.1) is 21.8 Å². The molecule has 0 unspecified atom stereocenters. The van der Waals surface area contributed by atoms with Crippen LogP contribution in [0.25, 0.3) is 20.3 Å². The van der Waals surface area contributed by atoms with Crippen molar-refractivity contribution in [3.63, 3.8) is 0 Å². The standard InChI is InChI=1S/C24H18ClN3OS2/c1-14-10-15(2)21-19(11-14)31-24(27-21)28(13-16-6-5-9-26-12-16)23(29)22-20(25)17-7-3-4-8-18(17)30-22/h3-12H,13H2,1-2H3. The molecule has 0 saturated heterocycles. The van der Waals surface area contributed by atoms with E-state index >= 15 is 0 Å². The summed E-state index contributed by atoms with van der Waals surface area (Å²) in [6.45, 7) is 4.49. The van der Waals surface area contributed by atoms with Crippen molar-refractivity contribution in [2.45, 2.75) is 20.4 Å². The number of nitrogens with zero attached hydrogens (tertiary/aromatic N) is 3. The Morgan fingerprint density at radius 3 is 2.68 bits per heavy atom. The van der Waals surface area contributed by atoms with Crippen LogP contribution in [0.15, 0.2) is 60.9 Å². The number of thiazole rings is 1. The maximum atomic E-state index is 13.8. The van der Waals surface area contributed by atoms with Gasteiger partial charge in [-0.3, -0.25) is 14.7 Å². The van der Waals surface area contributed by atoms with Gasteiger partial charge in [-0.15, -0.1) is 11.3 Å². The van der Waals surface area contributed by atoms with Crippen LogP contribution in [0.2, 0.25) is 5.02 Å². The van der Waals surface area contributed by atoms with Gasteiger partial charge in [-0.2, -0.15) is 0 Å². The molecule has 0 aliphatic rings. The maximum absolute atomic E-state index is 13.8. The van der Waals surface area contributed by atoms with E-state index in [4.69, 9.17) is 16.6 Å². The Morgan fingerprint density at radius 2 is 1.90 bits per heavy atom. The van der Waals surface area contributed by atoms with Crippen molar-refractivity contribution in [1.29, 1.82) is 0 Å². The molecule has 0 atom stereocenters. The minimum Gasteiger partial charge on any atom is -0.279 e. The van der Waals surface area contributed by atoms with Gasteiger partial charge in [0.2, 0.25) is 0 Å². The minimum absolute atomic E-state index is 0.150. The van der Waals surface area contributed by atoms with E-state index < -0.39 is 0 Å². The van der Waals surface area contributed by atoms with Gasteiger partial charge in [-0.25, -0.2) is 4.98 Å². The number of aromatic nitrogens is 2. The number of thiophene rings is 1. The Bertz CT molecular complexity index is 1430. The van der Waals surface area contributed by atoms with Gasteiger partial charge in [0.1, 0.15) is 4.88 Å². The normalized spacial score (nSPS) is 11.3. The molecule has 0 radical (unpaired) electrons. The first-order valence-electron chi connectivity index (χ1n) is 9.77. The van der Waals surface area contributed by atoms with Crippen molar-refractivity contribution in [2.24, 2.45) is 0 Å². The molecule has 2 aromatic carbocycles. The van der Waals surface area contributed by atoms with Crippen molar-refractivity contribution in [3.8, 4) is 0 Å². The minimum atomic E-state index is -0.150. The molecule has 0 fully saturated rings. The molecule has 0 saturated carbocycles. The van der Waals surface area contributed by atoms with Crippen LogP contribution in [-0.4, -0.2) is 15.9 Å². The highest BCUT2D eigenvalue weighted by atomic mass is 35.5. The average molecular weight is 464 g/mol. The lowest BCUT2D eigenvalue weighted by atomic mass is 10.1. The summed E-state index contributed by atoms with van der Waals surface area (Å²) in [5, 5.41) is 2.05. The number of anilines is 1. The van der Waals surface area contributed by atoms with Crippen molar-refractivity contribution in [3.05, 3.63) is 87.5 Å². The molecule has 31 heavy (non-hydrogen) atoms. The molecule has 1 amide bonds. The number of carbonyl (C=O) groups excluding carboxylic acids is 1. The predicted molar refractivity (Wildman–Crippen MR) is 131 cm³/mol. The highest BCUT2D eigenvalue weighted by molar-refractivity contribution is 7.23. The van der Waals surface area contributed by atoms with Gasteiger partial charge in [-0.05, 0) is 48.7 Å². The number of benzene rings is 2. The largest absolute Gasteiger partial charge is 0.279 e. The second-order valence-electron chi connectivity index (χ2n) is 7.42. The second-order valence-corrected chi connectivity index (χ2v) is 9.86. The number of halogens is 1. The van der Waals surface area contributed by atoms with Gasteiger partial charge in [0.15, 0.2) is 5.13 Å². The lowest BCUT2D eigenvalue weighted by Gasteiger charge is -2.19. The lowest BCUT2D eigenvalue weighted by Crippen LogP contribution is -2.30. The van der Waals surface area contributed by atoms with Crippen LogP contribution in [0, 0.1) is 13.8 Å². The molecule has 5 rings (SSSR count). The number of fused-ring (bicyclic) bond motifs is 2. The molecular formula is C24H18ClN3OS2. The van der Waals surface area contributed by atoms with E-state index in [2.05, 4.69) is 31.0 Å². The van der Waals surface area contributed by atoms with Gasteiger partial charge in [0.25, 0.3) is 5.91 Å². The Balaban J connectivity index is 1.64. The molecule has 0 aliphatic carbocycles. The Labute approximate surface area is 192 Å². The molecular weight excluding hydrogens is 446 g/mol. The zero-order chi connectivity index (χ0) is 21.5. The average Bonchev–Trinajstić information content (AvgIpc) is 3.34. The van der Waals surface area contributed by atoms with Gasteiger partial charge < -0.3 is 0 Å². The van der Waals surface area contributed by atoms with Gasteiger partial charge in [-0.1, -0.05) is 53.3 Å². The number of aryl methyl sites for hydroxylation is 2. The van der Waals surface area contributed by atoms with E-state index in [0.29, 0.717) is 21.6 Å². The fourth-order valence-corrected chi connectivity index (χ4v) is 6.25. The van der Waals surface area contributed by atoms with Crippen LogP contribution < -0.4 is 4.90 Å². The number of hydrogen-bond acceptors (Lipinski definition) is 5. The molecule has 0 spiro atoms. The van der Waals surface area contributed by atoms with Crippen LogP contribution >= 0.6 is 34.3 Å². The molecule has 0 aliphatic heterocycles. The van der Waals surface area contributed by atoms with Crippen molar-refractivity contribution < 1.29 is 4.79 Å². The fourth-order valence-electron chi connectivity index (χ4n) is 3.65. The first-order chi connectivity index (χ1) is 15.0. The SMILES string of the molecule is Cc1cc(C)c2nc(N(Cc3cccnc3)C(=O)c3sc4ccccc4c3Cl)sc2c1. The maximum Gasteiger partial charge on any atom is 0.272 e. The third kappa shape index (κ3) is 3.71. The highest BCUT2D eigenvalue weighted by Gasteiger charge is 2.26. The molecule has 4 nitrogen and oxygen atoms in total. The van der Waals surface area contributed by atoms with Crippen LogP contribution in [-0.2, 0) is 6.54 Å². The number of hydrogen-bond donors (Lipinski definition) is 0. The lowest BCUT2D eigenvalue weighted by molar-refractivity contribution is 0.0989. The molecule has 3 heterocycles. The summed E-state index contributed by atoms with van der Waals surface area (Å²) < 4.78 is 2.06. The molecule has 7 heteroatoms. The first kappa shape index (κ1) is 20.1. The molecule has 3 aromatic heterocycles. The zero-order valence-corrected chi connectivity index (χ0v) is 19.3. The quantitative estimate of drug-likeness (QED) is 0.287. The molecule has 154 valence electrons. The summed E-state index contributed by atoms with van der Waals surface area (Å²) >= 11 is 9.58. The van der Waals surface area contributed by atoms with Crippen LogP contribution in [0.5, 0.6) is 0 Å². The van der Waals surface area contributed by atoms with E-state index in [-0.39, 0.29) is 5.91 Å². The smallest absolute Gasteiger partial charge is 0.272 e. The summed E-state index contributed by atoms with van der Waals surface area (Å²) in [4.78, 5) is 25.1. The van der Waals surface area contributed by atoms with Crippen LogP contribution in [0.4, 0.5) is 5.13 Å². The third-order valence-electron chi connectivity index (χ3n) is 5.09. The first-order valence-corrected chi connectivity index (χ1v) is 11.8. The van der Waals surface area contributed by atoms with E-state index in [1.54, 1.807) is 17.3 Å². The zero-order valence-electron chi connectivity index (χ0n) is 16.9. The van der Waals surface area contributed by atoms with E-state index in [9.17, 15) is 4.79 Å². The van der Waals surface area contributed by atoms with Gasteiger partial charge in [0, 0.05) is 22.5 Å². The Morgan fingerprint density at radius 1 is 1.06 bits per heavy atom. The molecule has 0 N–H and O–H groups in total. The second kappa shape index (κ2) is 8.04.